The third-order valence-corrected chi connectivity index (χ3v) is 8.72. The average Bonchev–Trinajstić information content (AvgIpc) is 3.59. The Balaban J connectivity index is 1.02. The van der Waals surface area contributed by atoms with E-state index in [9.17, 15) is 9.59 Å². The van der Waals surface area contributed by atoms with Crippen molar-refractivity contribution in [3.05, 3.63) is 77.2 Å². The van der Waals surface area contributed by atoms with Gasteiger partial charge in [0.05, 0.1) is 45.8 Å². The van der Waals surface area contributed by atoms with Gasteiger partial charge in [-0.2, -0.15) is 5.10 Å². The van der Waals surface area contributed by atoms with E-state index >= 15 is 0 Å². The molecule has 0 bridgehead atoms. The maximum Gasteiger partial charge on any atom is 0.261 e. The van der Waals surface area contributed by atoms with Crippen molar-refractivity contribution >= 4 is 22.8 Å². The number of carbonyl (C=O) groups is 2. The Morgan fingerprint density at radius 1 is 0.895 bits per heavy atom. The molecule has 2 aromatic carbocycles. The second-order valence-electron chi connectivity index (χ2n) is 11.3. The smallest absolute Gasteiger partial charge is 0.261 e. The largest absolute Gasteiger partial charge is 0.315 e. The zero-order chi connectivity index (χ0) is 25.4. The minimum Gasteiger partial charge on any atom is -0.315 e. The molecule has 8 rings (SSSR count). The van der Waals surface area contributed by atoms with Crippen LogP contribution >= 0.6 is 0 Å². The predicted octanol–water partition coefficient (Wildman–Crippen LogP) is 4.30. The number of amides is 2. The highest BCUT2D eigenvalue weighted by Gasteiger charge is 2.41. The van der Waals surface area contributed by atoms with Crippen LogP contribution in [0.25, 0.3) is 22.3 Å². The minimum absolute atomic E-state index is 0.168. The molecule has 38 heavy (non-hydrogen) atoms. The molecule has 4 aromatic rings. The molecule has 2 aromatic heterocycles. The molecule has 190 valence electrons. The number of fused-ring (bicyclic) bond motifs is 2. The lowest BCUT2D eigenvalue weighted by molar-refractivity contribution is 0.0561. The molecule has 2 aliphatic carbocycles. The van der Waals surface area contributed by atoms with E-state index in [1.165, 1.54) is 10.5 Å². The fourth-order valence-electron chi connectivity index (χ4n) is 6.11. The summed E-state index contributed by atoms with van der Waals surface area (Å²) in [6.45, 7) is 2.51. The van der Waals surface area contributed by atoms with Crippen LogP contribution in [-0.4, -0.2) is 56.1 Å². The summed E-state index contributed by atoms with van der Waals surface area (Å²) >= 11 is 0. The first-order valence-electron chi connectivity index (χ1n) is 13.6. The minimum atomic E-state index is -0.168. The van der Waals surface area contributed by atoms with Gasteiger partial charge >= 0.3 is 0 Å². The summed E-state index contributed by atoms with van der Waals surface area (Å²) in [5.74, 6) is 1.00. The third-order valence-electron chi connectivity index (χ3n) is 8.72. The maximum absolute atomic E-state index is 12.8. The molecule has 1 N–H and O–H groups in total. The quantitative estimate of drug-likeness (QED) is 0.394. The number of hydrogen-bond donors (Lipinski definition) is 1. The summed E-state index contributed by atoms with van der Waals surface area (Å²) in [7, 11) is 0. The maximum atomic E-state index is 12.8. The van der Waals surface area contributed by atoms with Gasteiger partial charge in [-0.1, -0.05) is 18.2 Å². The van der Waals surface area contributed by atoms with Crippen LogP contribution in [0, 0.1) is 5.92 Å². The van der Waals surface area contributed by atoms with Crippen LogP contribution in [0.1, 0.15) is 75.5 Å². The number of benzene rings is 2. The van der Waals surface area contributed by atoms with Gasteiger partial charge < -0.3 is 5.32 Å². The highest BCUT2D eigenvalue weighted by Crippen LogP contribution is 2.46. The molecule has 4 heterocycles. The Morgan fingerprint density at radius 2 is 1.66 bits per heavy atom. The lowest BCUT2D eigenvalue weighted by atomic mass is 9.80. The van der Waals surface area contributed by atoms with E-state index in [-0.39, 0.29) is 17.9 Å². The van der Waals surface area contributed by atoms with E-state index in [2.05, 4.69) is 34.4 Å². The zero-order valence-electron chi connectivity index (χ0n) is 21.0. The van der Waals surface area contributed by atoms with Crippen molar-refractivity contribution in [1.29, 1.82) is 0 Å². The summed E-state index contributed by atoms with van der Waals surface area (Å²) < 4.78 is 2.10. The topological polar surface area (TPSA) is 93.0 Å². The Kier molecular flexibility index (Phi) is 4.83. The fraction of sp³-hybridized carbons (Fsp3) is 0.367. The number of hydrogen-bond acceptors (Lipinski definition) is 6. The molecule has 0 unspecified atom stereocenters. The molecule has 8 heteroatoms. The molecule has 2 amide bonds. The van der Waals surface area contributed by atoms with Crippen molar-refractivity contribution in [2.75, 3.05) is 19.6 Å². The van der Waals surface area contributed by atoms with Gasteiger partial charge in [-0.3, -0.25) is 24.2 Å². The number of rotatable bonds is 6. The standard InChI is InChI=1S/C30H28N6O2/c37-29-22-3-1-2-4-23(22)30(38)35(29)15-17-9-21(10-17)36-16-24(28(34-36)18-5-6-18)27-14-32-25-8-7-19(11-26(25)33-27)20-12-31-13-20/h1-4,7-8,11,14,16-18,20-21,31H,5-6,9-10,12-13,15H2. The fourth-order valence-corrected chi connectivity index (χ4v) is 6.11. The van der Waals surface area contributed by atoms with E-state index in [0.29, 0.717) is 35.4 Å². The number of carbonyl (C=O) groups excluding carboxylic acids is 2. The molecular formula is C30H28N6O2. The second-order valence-corrected chi connectivity index (χ2v) is 11.3. The van der Waals surface area contributed by atoms with Crippen LogP contribution in [0.2, 0.25) is 0 Å². The monoisotopic (exact) mass is 504 g/mol. The number of imide groups is 1. The van der Waals surface area contributed by atoms with E-state index in [1.54, 1.807) is 12.1 Å². The van der Waals surface area contributed by atoms with Crippen LogP contribution in [0.4, 0.5) is 0 Å². The molecule has 2 aliphatic heterocycles. The first-order valence-corrected chi connectivity index (χ1v) is 13.6. The SMILES string of the molecule is O=C1c2ccccc2C(=O)N1CC1CC(n2cc(-c3cnc4ccc(C5CNC5)cc4n3)c(C3CC3)n2)C1. The highest BCUT2D eigenvalue weighted by atomic mass is 16.2. The van der Waals surface area contributed by atoms with E-state index in [1.807, 2.05) is 18.3 Å². The van der Waals surface area contributed by atoms with Crippen molar-refractivity contribution in [1.82, 2.24) is 30.0 Å². The zero-order valence-corrected chi connectivity index (χ0v) is 21.0. The van der Waals surface area contributed by atoms with Crippen molar-refractivity contribution in [3.63, 3.8) is 0 Å². The van der Waals surface area contributed by atoms with Gasteiger partial charge in [-0.25, -0.2) is 4.98 Å². The summed E-state index contributed by atoms with van der Waals surface area (Å²) in [6.07, 6.45) is 8.16. The van der Waals surface area contributed by atoms with Crippen molar-refractivity contribution in [2.45, 2.75) is 43.6 Å². The summed E-state index contributed by atoms with van der Waals surface area (Å²) in [6, 6.07) is 13.8. The van der Waals surface area contributed by atoms with Gasteiger partial charge in [0.15, 0.2) is 0 Å². The van der Waals surface area contributed by atoms with Crippen LogP contribution in [0.3, 0.4) is 0 Å². The third kappa shape index (κ3) is 3.50. The summed E-state index contributed by atoms with van der Waals surface area (Å²) in [4.78, 5) is 36.7. The van der Waals surface area contributed by atoms with E-state index in [0.717, 1.165) is 66.8 Å². The number of nitrogens with zero attached hydrogens (tertiary/aromatic N) is 5. The van der Waals surface area contributed by atoms with Crippen molar-refractivity contribution in [2.24, 2.45) is 5.92 Å². The van der Waals surface area contributed by atoms with Gasteiger partial charge in [0, 0.05) is 43.2 Å². The van der Waals surface area contributed by atoms with Crippen LogP contribution in [-0.2, 0) is 0 Å². The Labute approximate surface area is 220 Å². The Morgan fingerprint density at radius 3 is 2.34 bits per heavy atom. The van der Waals surface area contributed by atoms with Crippen LogP contribution in [0.5, 0.6) is 0 Å². The average molecular weight is 505 g/mol. The summed E-state index contributed by atoms with van der Waals surface area (Å²) in [5.41, 5.74) is 7.31. The highest BCUT2D eigenvalue weighted by molar-refractivity contribution is 6.21. The van der Waals surface area contributed by atoms with Gasteiger partial charge in [0.2, 0.25) is 0 Å². The molecule has 0 spiro atoms. The van der Waals surface area contributed by atoms with Gasteiger partial charge in [0.1, 0.15) is 0 Å². The molecule has 1 saturated heterocycles. The first kappa shape index (κ1) is 22.1. The molecule has 4 aliphatic rings. The lowest BCUT2D eigenvalue weighted by Crippen LogP contribution is -2.40. The molecule has 3 fully saturated rings. The Hall–Kier alpha value is -3.91. The molecule has 0 atom stereocenters. The van der Waals surface area contributed by atoms with E-state index < -0.39 is 0 Å². The lowest BCUT2D eigenvalue weighted by Gasteiger charge is -2.37. The van der Waals surface area contributed by atoms with Gasteiger partial charge in [-0.15, -0.1) is 0 Å². The van der Waals surface area contributed by atoms with Crippen LogP contribution in [0.15, 0.2) is 54.9 Å². The van der Waals surface area contributed by atoms with Crippen molar-refractivity contribution < 1.29 is 9.59 Å². The molecular weight excluding hydrogens is 476 g/mol. The molecule has 0 radical (unpaired) electrons. The second kappa shape index (κ2) is 8.30. The van der Waals surface area contributed by atoms with Gasteiger partial charge in [0.25, 0.3) is 11.8 Å². The van der Waals surface area contributed by atoms with Crippen LogP contribution < -0.4 is 5.32 Å². The molecule has 8 nitrogen and oxygen atoms in total. The molecule has 2 saturated carbocycles. The summed E-state index contributed by atoms with van der Waals surface area (Å²) in [5, 5.41) is 8.39. The predicted molar refractivity (Wildman–Crippen MR) is 142 cm³/mol. The number of nitrogens with one attached hydrogen (secondary N) is 1. The number of aromatic nitrogens is 4. The normalized spacial score (nSPS) is 23.0. The van der Waals surface area contributed by atoms with E-state index in [4.69, 9.17) is 15.1 Å². The Bertz CT molecular complexity index is 1580. The van der Waals surface area contributed by atoms with Crippen molar-refractivity contribution in [3.8, 4) is 11.3 Å². The first-order chi connectivity index (χ1) is 18.6. The van der Waals surface area contributed by atoms with Gasteiger partial charge in [-0.05, 0) is 61.4 Å².